The molecule has 2 aromatic rings. The van der Waals surface area contributed by atoms with E-state index in [1.54, 1.807) is 11.3 Å². The highest BCUT2D eigenvalue weighted by atomic mass is 32.1. The van der Waals surface area contributed by atoms with Crippen molar-refractivity contribution in [3.05, 3.63) is 23.2 Å². The van der Waals surface area contributed by atoms with Crippen LogP contribution in [0.5, 0.6) is 0 Å². The number of hydrogen-bond donors (Lipinski definition) is 0. The van der Waals surface area contributed by atoms with Crippen LogP contribution in [0, 0.1) is 0 Å². The molecule has 24 heavy (non-hydrogen) atoms. The van der Waals surface area contributed by atoms with Crippen molar-refractivity contribution in [2.24, 2.45) is 0 Å². The van der Waals surface area contributed by atoms with E-state index in [1.165, 1.54) is 9.71 Å². The topological polar surface area (TPSA) is 34.6 Å². The summed E-state index contributed by atoms with van der Waals surface area (Å²) < 4.78 is 13.5. The van der Waals surface area contributed by atoms with Crippen LogP contribution in [0.1, 0.15) is 39.6 Å². The normalized spacial score (nSPS) is 20.9. The molecule has 4 nitrogen and oxygen atoms in total. The molecule has 2 heterocycles. The van der Waals surface area contributed by atoms with Crippen molar-refractivity contribution in [3.63, 3.8) is 0 Å². The van der Waals surface area contributed by atoms with E-state index in [-0.39, 0.29) is 18.3 Å². The van der Waals surface area contributed by atoms with Crippen LogP contribution in [-0.2, 0) is 15.7 Å². The second kappa shape index (κ2) is 6.09. The van der Waals surface area contributed by atoms with Crippen LogP contribution >= 0.6 is 11.3 Å². The first kappa shape index (κ1) is 17.9. The first-order valence-electron chi connectivity index (χ1n) is 8.50. The molecule has 0 aliphatic carbocycles. The standard InChI is InChI=1S/C18H27BN2O2S/c1-12(21(6)7)10-16-20-14-11-13(8-9-15(14)24-16)19-22-17(2,3)18(4,5)23-19/h8-9,11-12H,10H2,1-7H3/t12-/m1/s1. The van der Waals surface area contributed by atoms with Crippen molar-refractivity contribution in [2.45, 2.75) is 58.3 Å². The Morgan fingerprint density at radius 1 is 1.17 bits per heavy atom. The van der Waals surface area contributed by atoms with E-state index in [1.807, 2.05) is 0 Å². The van der Waals surface area contributed by atoms with Gasteiger partial charge in [-0.2, -0.15) is 0 Å². The Labute approximate surface area is 149 Å². The van der Waals surface area contributed by atoms with Crippen LogP contribution in [0.4, 0.5) is 0 Å². The van der Waals surface area contributed by atoms with Gasteiger partial charge in [0, 0.05) is 12.5 Å². The average Bonchev–Trinajstić information content (AvgIpc) is 2.95. The van der Waals surface area contributed by atoms with Crippen molar-refractivity contribution in [3.8, 4) is 0 Å². The SMILES string of the molecule is C[C@H](Cc1nc2cc(B3OC(C)(C)C(C)(C)O3)ccc2s1)N(C)C. The quantitative estimate of drug-likeness (QED) is 0.797. The molecule has 0 spiro atoms. The summed E-state index contributed by atoms with van der Waals surface area (Å²) >= 11 is 1.77. The number of aromatic nitrogens is 1. The first-order chi connectivity index (χ1) is 11.1. The summed E-state index contributed by atoms with van der Waals surface area (Å²) in [6.45, 7) is 10.5. The van der Waals surface area contributed by atoms with Gasteiger partial charge >= 0.3 is 7.12 Å². The molecule has 1 aromatic heterocycles. The third-order valence-corrected chi connectivity index (χ3v) is 6.39. The molecule has 6 heteroatoms. The fourth-order valence-corrected chi connectivity index (χ4v) is 3.71. The Kier molecular flexibility index (Phi) is 4.54. The summed E-state index contributed by atoms with van der Waals surface area (Å²) in [6.07, 6.45) is 0.970. The molecule has 0 N–H and O–H groups in total. The third-order valence-electron chi connectivity index (χ3n) is 5.33. The Hall–Kier alpha value is -0.945. The number of nitrogens with zero attached hydrogens (tertiary/aromatic N) is 2. The highest BCUT2D eigenvalue weighted by Gasteiger charge is 2.51. The Morgan fingerprint density at radius 2 is 1.79 bits per heavy atom. The fourth-order valence-electron chi connectivity index (χ4n) is 2.64. The van der Waals surface area contributed by atoms with E-state index < -0.39 is 0 Å². The van der Waals surface area contributed by atoms with E-state index in [2.05, 4.69) is 71.8 Å². The van der Waals surface area contributed by atoms with E-state index >= 15 is 0 Å². The number of likely N-dealkylation sites (N-methyl/N-ethyl adjacent to an activating group) is 1. The van der Waals surface area contributed by atoms with E-state index in [0.717, 1.165) is 17.4 Å². The van der Waals surface area contributed by atoms with Crippen LogP contribution in [-0.4, -0.2) is 48.3 Å². The Balaban J connectivity index is 1.85. The smallest absolute Gasteiger partial charge is 0.399 e. The second-order valence-electron chi connectivity index (χ2n) is 7.94. The highest BCUT2D eigenvalue weighted by Crippen LogP contribution is 2.36. The van der Waals surface area contributed by atoms with Crippen molar-refractivity contribution < 1.29 is 9.31 Å². The lowest BCUT2D eigenvalue weighted by Gasteiger charge is -2.32. The Bertz CT molecular complexity index is 726. The molecular formula is C18H27BN2O2S. The second-order valence-corrected chi connectivity index (χ2v) is 9.05. The average molecular weight is 346 g/mol. The zero-order valence-corrected chi connectivity index (χ0v) is 16.5. The largest absolute Gasteiger partial charge is 0.494 e. The summed E-state index contributed by atoms with van der Waals surface area (Å²) in [7, 11) is 3.88. The lowest BCUT2D eigenvalue weighted by Crippen LogP contribution is -2.41. The summed E-state index contributed by atoms with van der Waals surface area (Å²) in [5, 5.41) is 1.18. The molecule has 1 saturated heterocycles. The van der Waals surface area contributed by atoms with Gasteiger partial charge in [0.15, 0.2) is 0 Å². The molecule has 0 bridgehead atoms. The number of fused-ring (bicyclic) bond motifs is 1. The van der Waals surface area contributed by atoms with Gasteiger partial charge in [0.05, 0.1) is 26.4 Å². The molecule has 1 aliphatic rings. The summed E-state index contributed by atoms with van der Waals surface area (Å²) in [6, 6.07) is 6.82. The minimum atomic E-state index is -0.328. The number of rotatable bonds is 4. The predicted octanol–water partition coefficient (Wildman–Crippen LogP) is 3.09. The van der Waals surface area contributed by atoms with Gasteiger partial charge < -0.3 is 14.2 Å². The van der Waals surface area contributed by atoms with Gasteiger partial charge in [-0.3, -0.25) is 0 Å². The maximum atomic E-state index is 6.15. The van der Waals surface area contributed by atoms with Crippen LogP contribution in [0.2, 0.25) is 0 Å². The van der Waals surface area contributed by atoms with Gasteiger partial charge in [-0.1, -0.05) is 6.07 Å². The van der Waals surface area contributed by atoms with Crippen molar-refractivity contribution >= 4 is 34.1 Å². The van der Waals surface area contributed by atoms with Gasteiger partial charge in [0.25, 0.3) is 0 Å². The molecule has 1 aliphatic heterocycles. The van der Waals surface area contributed by atoms with Crippen LogP contribution in [0.3, 0.4) is 0 Å². The summed E-state index contributed by atoms with van der Waals surface area (Å²) in [5.41, 5.74) is 1.44. The molecule has 1 fully saturated rings. The van der Waals surface area contributed by atoms with Gasteiger partial charge in [-0.25, -0.2) is 4.98 Å². The highest BCUT2D eigenvalue weighted by molar-refractivity contribution is 7.18. The molecule has 1 aromatic carbocycles. The van der Waals surface area contributed by atoms with Gasteiger partial charge in [0.1, 0.15) is 0 Å². The number of benzene rings is 1. The molecular weight excluding hydrogens is 319 g/mol. The van der Waals surface area contributed by atoms with E-state index in [4.69, 9.17) is 14.3 Å². The zero-order valence-electron chi connectivity index (χ0n) is 15.7. The van der Waals surface area contributed by atoms with Crippen LogP contribution in [0.25, 0.3) is 10.2 Å². The van der Waals surface area contributed by atoms with Gasteiger partial charge in [-0.05, 0) is 66.3 Å². The van der Waals surface area contributed by atoms with Crippen molar-refractivity contribution in [1.82, 2.24) is 9.88 Å². The van der Waals surface area contributed by atoms with Gasteiger partial charge in [0.2, 0.25) is 0 Å². The maximum absolute atomic E-state index is 6.15. The third kappa shape index (κ3) is 3.25. The first-order valence-corrected chi connectivity index (χ1v) is 9.32. The summed E-state index contributed by atoms with van der Waals surface area (Å²) in [4.78, 5) is 7.04. The zero-order chi connectivity index (χ0) is 17.7. The molecule has 3 rings (SSSR count). The van der Waals surface area contributed by atoms with Crippen LogP contribution in [0.15, 0.2) is 18.2 Å². The van der Waals surface area contributed by atoms with E-state index in [9.17, 15) is 0 Å². The van der Waals surface area contributed by atoms with Crippen molar-refractivity contribution in [2.75, 3.05) is 14.1 Å². The van der Waals surface area contributed by atoms with Crippen molar-refractivity contribution in [1.29, 1.82) is 0 Å². The van der Waals surface area contributed by atoms with Crippen LogP contribution < -0.4 is 5.46 Å². The predicted molar refractivity (Wildman–Crippen MR) is 102 cm³/mol. The molecule has 0 radical (unpaired) electrons. The molecule has 0 saturated carbocycles. The maximum Gasteiger partial charge on any atom is 0.494 e. The minimum Gasteiger partial charge on any atom is -0.399 e. The summed E-state index contributed by atoms with van der Waals surface area (Å²) in [5.74, 6) is 0. The number of hydrogen-bond acceptors (Lipinski definition) is 5. The minimum absolute atomic E-state index is 0.318. The molecule has 1 atom stereocenters. The molecule has 0 amide bonds. The number of thiazole rings is 1. The fraction of sp³-hybridized carbons (Fsp3) is 0.611. The lowest BCUT2D eigenvalue weighted by atomic mass is 9.79. The van der Waals surface area contributed by atoms with E-state index in [0.29, 0.717) is 6.04 Å². The lowest BCUT2D eigenvalue weighted by molar-refractivity contribution is 0.00578. The monoisotopic (exact) mass is 346 g/mol. The molecule has 0 unspecified atom stereocenters. The molecule has 130 valence electrons. The van der Waals surface area contributed by atoms with Gasteiger partial charge in [-0.15, -0.1) is 11.3 Å². The Morgan fingerprint density at radius 3 is 2.38 bits per heavy atom.